The molecule has 0 radical (unpaired) electrons. The molecule has 1 aliphatic heterocycles. The van der Waals surface area contributed by atoms with E-state index in [0.29, 0.717) is 25.9 Å². The van der Waals surface area contributed by atoms with Gasteiger partial charge in [0.2, 0.25) is 10.0 Å². The third-order valence-corrected chi connectivity index (χ3v) is 5.11. The lowest BCUT2D eigenvalue weighted by Crippen LogP contribution is -2.40. The Balaban J connectivity index is 2.16. The summed E-state index contributed by atoms with van der Waals surface area (Å²) in [5.41, 5.74) is 0.206. The molecule has 2 heterocycles. The molecule has 1 fully saturated rings. The summed E-state index contributed by atoms with van der Waals surface area (Å²) in [4.78, 5) is 3.92. The molecule has 0 aromatic carbocycles. The average molecular weight is 281 g/mol. The van der Waals surface area contributed by atoms with E-state index in [0.717, 1.165) is 0 Å². The van der Waals surface area contributed by atoms with Gasteiger partial charge in [0.05, 0.1) is 6.10 Å². The molecule has 0 N–H and O–H groups in total. The van der Waals surface area contributed by atoms with E-state index in [4.69, 9.17) is 10.00 Å². The molecule has 1 saturated heterocycles. The van der Waals surface area contributed by atoms with Crippen LogP contribution in [0.5, 0.6) is 0 Å². The van der Waals surface area contributed by atoms with Gasteiger partial charge in [-0.15, -0.1) is 0 Å². The summed E-state index contributed by atoms with van der Waals surface area (Å²) in [6.45, 7) is 0.891. The molecule has 6 nitrogen and oxygen atoms in total. The van der Waals surface area contributed by atoms with E-state index in [1.54, 1.807) is 7.11 Å². The smallest absolute Gasteiger partial charge is 0.244 e. The maximum Gasteiger partial charge on any atom is 0.244 e. The lowest BCUT2D eigenvalue weighted by atomic mass is 10.1. The quantitative estimate of drug-likeness (QED) is 0.816. The number of hydrogen-bond donors (Lipinski definition) is 0. The summed E-state index contributed by atoms with van der Waals surface area (Å²) < 4.78 is 31.3. The molecule has 1 aromatic rings. The van der Waals surface area contributed by atoms with E-state index >= 15 is 0 Å². The highest BCUT2D eigenvalue weighted by Crippen LogP contribution is 2.21. The number of hydrogen-bond acceptors (Lipinski definition) is 5. The van der Waals surface area contributed by atoms with Gasteiger partial charge in [-0.2, -0.15) is 9.57 Å². The van der Waals surface area contributed by atoms with Crippen molar-refractivity contribution >= 4 is 10.0 Å². The number of nitrogens with zero attached hydrogens (tertiary/aromatic N) is 3. The molecule has 19 heavy (non-hydrogen) atoms. The van der Waals surface area contributed by atoms with Crippen LogP contribution >= 0.6 is 0 Å². The zero-order valence-corrected chi connectivity index (χ0v) is 11.4. The van der Waals surface area contributed by atoms with Crippen molar-refractivity contribution in [2.45, 2.75) is 23.8 Å². The van der Waals surface area contributed by atoms with Crippen LogP contribution in [0.1, 0.15) is 18.5 Å². The lowest BCUT2D eigenvalue weighted by Gasteiger charge is -2.30. The van der Waals surface area contributed by atoms with Crippen LogP contribution in [0.15, 0.2) is 23.2 Å². The van der Waals surface area contributed by atoms with Crippen molar-refractivity contribution in [1.29, 1.82) is 5.26 Å². The highest BCUT2D eigenvalue weighted by Gasteiger charge is 2.29. The normalized spacial score (nSPS) is 18.1. The number of piperidine rings is 1. The Kier molecular flexibility index (Phi) is 4.14. The minimum atomic E-state index is -3.51. The maximum atomic E-state index is 12.3. The predicted molar refractivity (Wildman–Crippen MR) is 67.7 cm³/mol. The Hall–Kier alpha value is -1.49. The molecule has 0 aliphatic carbocycles. The zero-order chi connectivity index (χ0) is 13.9. The molecule has 0 atom stereocenters. The minimum Gasteiger partial charge on any atom is -0.381 e. The van der Waals surface area contributed by atoms with Crippen molar-refractivity contribution in [3.8, 4) is 6.07 Å². The van der Waals surface area contributed by atoms with Crippen LogP contribution in [0.2, 0.25) is 0 Å². The summed E-state index contributed by atoms with van der Waals surface area (Å²) in [5.74, 6) is 0. The largest absolute Gasteiger partial charge is 0.381 e. The number of nitriles is 1. The fourth-order valence-electron chi connectivity index (χ4n) is 2.06. The SMILES string of the molecule is COC1CCN(S(=O)(=O)c2ccc(C#N)nc2)CC1. The Morgan fingerprint density at radius 1 is 1.42 bits per heavy atom. The summed E-state index contributed by atoms with van der Waals surface area (Å²) in [7, 11) is -1.87. The van der Waals surface area contributed by atoms with Gasteiger partial charge in [0, 0.05) is 26.4 Å². The van der Waals surface area contributed by atoms with Gasteiger partial charge in [0.1, 0.15) is 16.7 Å². The number of ether oxygens (including phenoxy) is 1. The number of sulfonamides is 1. The molecule has 1 aliphatic rings. The number of rotatable bonds is 3. The Labute approximate surface area is 112 Å². The molecule has 0 bridgehead atoms. The molecule has 2 rings (SSSR count). The van der Waals surface area contributed by atoms with Crippen molar-refractivity contribution in [3.05, 3.63) is 24.0 Å². The van der Waals surface area contributed by atoms with Gasteiger partial charge < -0.3 is 4.74 Å². The third-order valence-electron chi connectivity index (χ3n) is 3.22. The van der Waals surface area contributed by atoms with E-state index in [1.165, 1.54) is 22.6 Å². The van der Waals surface area contributed by atoms with E-state index in [-0.39, 0.29) is 16.7 Å². The van der Waals surface area contributed by atoms with Crippen LogP contribution in [-0.4, -0.2) is 44.0 Å². The van der Waals surface area contributed by atoms with Crippen molar-refractivity contribution < 1.29 is 13.2 Å². The van der Waals surface area contributed by atoms with Crippen LogP contribution in [0.3, 0.4) is 0 Å². The number of aromatic nitrogens is 1. The molecule has 0 saturated carbocycles. The van der Waals surface area contributed by atoms with Gasteiger partial charge in [-0.25, -0.2) is 13.4 Å². The fraction of sp³-hybridized carbons (Fsp3) is 0.500. The molecular weight excluding hydrogens is 266 g/mol. The van der Waals surface area contributed by atoms with Crippen LogP contribution in [0.25, 0.3) is 0 Å². The third kappa shape index (κ3) is 2.92. The molecule has 7 heteroatoms. The first kappa shape index (κ1) is 13.9. The van der Waals surface area contributed by atoms with Crippen LogP contribution in [-0.2, 0) is 14.8 Å². The summed E-state index contributed by atoms with van der Waals surface area (Å²) in [6.07, 6.45) is 2.75. The molecule has 0 spiro atoms. The van der Waals surface area contributed by atoms with Gasteiger partial charge in [-0.3, -0.25) is 0 Å². The standard InChI is InChI=1S/C12H15N3O3S/c1-18-11-4-6-15(7-5-11)19(16,17)12-3-2-10(8-13)14-9-12/h2-3,9,11H,4-7H2,1H3. The summed E-state index contributed by atoms with van der Waals surface area (Å²) in [6, 6.07) is 4.69. The summed E-state index contributed by atoms with van der Waals surface area (Å²) >= 11 is 0. The fourth-order valence-corrected chi connectivity index (χ4v) is 3.47. The maximum absolute atomic E-state index is 12.3. The molecule has 0 unspecified atom stereocenters. The van der Waals surface area contributed by atoms with E-state index < -0.39 is 10.0 Å². The van der Waals surface area contributed by atoms with E-state index in [9.17, 15) is 8.42 Å². The van der Waals surface area contributed by atoms with Gasteiger partial charge in [0.15, 0.2) is 0 Å². The van der Waals surface area contributed by atoms with Gasteiger partial charge in [0.25, 0.3) is 0 Å². The first-order chi connectivity index (χ1) is 9.07. The highest BCUT2D eigenvalue weighted by molar-refractivity contribution is 7.89. The molecular formula is C12H15N3O3S. The highest BCUT2D eigenvalue weighted by atomic mass is 32.2. The topological polar surface area (TPSA) is 83.3 Å². The van der Waals surface area contributed by atoms with E-state index in [2.05, 4.69) is 4.98 Å². The van der Waals surface area contributed by atoms with Crippen LogP contribution in [0.4, 0.5) is 0 Å². The Morgan fingerprint density at radius 2 is 2.11 bits per heavy atom. The first-order valence-corrected chi connectivity index (χ1v) is 7.41. The monoisotopic (exact) mass is 281 g/mol. The molecule has 1 aromatic heterocycles. The number of methoxy groups -OCH3 is 1. The van der Waals surface area contributed by atoms with Crippen molar-refractivity contribution in [3.63, 3.8) is 0 Å². The minimum absolute atomic E-state index is 0.127. The lowest BCUT2D eigenvalue weighted by molar-refractivity contribution is 0.0604. The second-order valence-electron chi connectivity index (χ2n) is 4.33. The van der Waals surface area contributed by atoms with Crippen molar-refractivity contribution in [1.82, 2.24) is 9.29 Å². The number of pyridine rings is 1. The zero-order valence-electron chi connectivity index (χ0n) is 10.6. The van der Waals surface area contributed by atoms with Crippen LogP contribution in [0, 0.1) is 11.3 Å². The predicted octanol–water partition coefficient (Wildman–Crippen LogP) is 0.753. The molecule has 102 valence electrons. The first-order valence-electron chi connectivity index (χ1n) is 5.97. The Morgan fingerprint density at radius 3 is 2.58 bits per heavy atom. The van der Waals surface area contributed by atoms with Gasteiger partial charge in [-0.1, -0.05) is 0 Å². The second-order valence-corrected chi connectivity index (χ2v) is 6.27. The van der Waals surface area contributed by atoms with Crippen LogP contribution < -0.4 is 0 Å². The second kappa shape index (κ2) is 5.65. The van der Waals surface area contributed by atoms with Gasteiger partial charge in [-0.05, 0) is 25.0 Å². The van der Waals surface area contributed by atoms with E-state index in [1.807, 2.05) is 6.07 Å². The Bertz CT molecular complexity index is 569. The van der Waals surface area contributed by atoms with Crippen molar-refractivity contribution in [2.75, 3.05) is 20.2 Å². The average Bonchev–Trinajstić information content (AvgIpc) is 2.47. The molecule has 0 amide bonds. The summed E-state index contributed by atoms with van der Waals surface area (Å²) in [5, 5.41) is 8.65. The van der Waals surface area contributed by atoms with Gasteiger partial charge >= 0.3 is 0 Å². The van der Waals surface area contributed by atoms with Crippen molar-refractivity contribution in [2.24, 2.45) is 0 Å².